The maximum Gasteiger partial charge on any atom is 0.302 e. The van der Waals surface area contributed by atoms with E-state index in [1.165, 1.54) is 6.92 Å². The van der Waals surface area contributed by atoms with Gasteiger partial charge in [0.05, 0.1) is 0 Å². The first-order valence-electron chi connectivity index (χ1n) is 6.69. The Hall–Kier alpha value is -0.690. The number of nitrogens with one attached hydrogen (secondary N) is 1. The zero-order valence-corrected chi connectivity index (χ0v) is 11.9. The molecule has 1 saturated carbocycles. The zero-order valence-electron chi connectivity index (χ0n) is 11.9. The molecule has 0 unspecified atom stereocenters. The van der Waals surface area contributed by atoms with E-state index in [4.69, 9.17) is 14.2 Å². The maximum absolute atomic E-state index is 11.2. The van der Waals surface area contributed by atoms with Crippen molar-refractivity contribution in [1.29, 1.82) is 0 Å². The van der Waals surface area contributed by atoms with Crippen LogP contribution in [0, 0.1) is 5.92 Å². The van der Waals surface area contributed by atoms with Crippen LogP contribution in [0.1, 0.15) is 27.2 Å². The smallest absolute Gasteiger partial charge is 0.302 e. The lowest BCUT2D eigenvalue weighted by Gasteiger charge is -2.41. The Labute approximate surface area is 113 Å². The summed E-state index contributed by atoms with van der Waals surface area (Å²) in [5.74, 6) is -1.06. The van der Waals surface area contributed by atoms with E-state index in [0.29, 0.717) is 6.42 Å². The predicted molar refractivity (Wildman–Crippen MR) is 67.4 cm³/mol. The largest absolute Gasteiger partial charge is 0.460 e. The molecule has 1 saturated heterocycles. The first-order chi connectivity index (χ1) is 8.88. The van der Waals surface area contributed by atoms with E-state index in [1.54, 1.807) is 0 Å². The SMILES string of the molecule is CN[C@H]1[C@@H](CO)C[C@H](OC(C)=O)[C@@H]2OC(C)(C)O[C@H]12. The summed E-state index contributed by atoms with van der Waals surface area (Å²) in [7, 11) is 1.84. The summed E-state index contributed by atoms with van der Waals surface area (Å²) in [5, 5.41) is 12.7. The number of ether oxygens (including phenoxy) is 3. The van der Waals surface area contributed by atoms with Crippen molar-refractivity contribution in [2.24, 2.45) is 5.92 Å². The van der Waals surface area contributed by atoms with E-state index in [2.05, 4.69) is 5.32 Å². The molecular weight excluding hydrogens is 250 g/mol. The second-order valence-electron chi connectivity index (χ2n) is 5.71. The summed E-state index contributed by atoms with van der Waals surface area (Å²) < 4.78 is 17.1. The summed E-state index contributed by atoms with van der Waals surface area (Å²) in [4.78, 5) is 11.2. The molecule has 6 nitrogen and oxygen atoms in total. The normalized spacial score (nSPS) is 40.8. The van der Waals surface area contributed by atoms with E-state index >= 15 is 0 Å². The number of esters is 1. The van der Waals surface area contributed by atoms with Crippen molar-refractivity contribution < 1.29 is 24.1 Å². The molecule has 5 atom stereocenters. The lowest BCUT2D eigenvalue weighted by molar-refractivity contribution is -0.170. The number of carbonyl (C=O) groups excluding carboxylic acids is 1. The van der Waals surface area contributed by atoms with Gasteiger partial charge in [-0.2, -0.15) is 0 Å². The second kappa shape index (κ2) is 5.36. The standard InChI is InChI=1S/C13H23NO5/c1-7(16)17-9-5-8(6-15)10(14-4)12-11(9)18-13(2,3)19-12/h8-12,14-15H,5-6H2,1-4H3/t8-,9+,10+,11+,12-/m1/s1. The van der Waals surface area contributed by atoms with Crippen LogP contribution in [0.3, 0.4) is 0 Å². The predicted octanol–water partition coefficient (Wildman–Crippen LogP) is 0.0384. The van der Waals surface area contributed by atoms with Crippen molar-refractivity contribution in [3.63, 3.8) is 0 Å². The number of rotatable bonds is 3. The summed E-state index contributed by atoms with van der Waals surface area (Å²) in [5.41, 5.74) is 0. The molecule has 19 heavy (non-hydrogen) atoms. The number of fused-ring (bicyclic) bond motifs is 1. The number of aliphatic hydroxyl groups excluding tert-OH is 1. The fourth-order valence-electron chi connectivity index (χ4n) is 3.15. The van der Waals surface area contributed by atoms with Crippen LogP contribution in [0.5, 0.6) is 0 Å². The molecule has 0 spiro atoms. The minimum absolute atomic E-state index is 0.0106. The molecule has 2 N–H and O–H groups in total. The molecule has 0 aromatic carbocycles. The Morgan fingerprint density at radius 2 is 2.05 bits per heavy atom. The van der Waals surface area contributed by atoms with Crippen LogP contribution in [-0.4, -0.2) is 54.9 Å². The van der Waals surface area contributed by atoms with E-state index in [0.717, 1.165) is 0 Å². The van der Waals surface area contributed by atoms with Crippen LogP contribution in [0.25, 0.3) is 0 Å². The third-order valence-corrected chi connectivity index (χ3v) is 3.81. The van der Waals surface area contributed by atoms with Crippen LogP contribution in [0.2, 0.25) is 0 Å². The van der Waals surface area contributed by atoms with Crippen LogP contribution in [0.4, 0.5) is 0 Å². The van der Waals surface area contributed by atoms with Gasteiger partial charge in [0, 0.05) is 25.5 Å². The number of hydrogen-bond acceptors (Lipinski definition) is 6. The maximum atomic E-state index is 11.2. The molecule has 2 rings (SSSR count). The lowest BCUT2D eigenvalue weighted by Crippen LogP contribution is -2.58. The van der Waals surface area contributed by atoms with Gasteiger partial charge in [-0.1, -0.05) is 0 Å². The minimum Gasteiger partial charge on any atom is -0.460 e. The molecule has 0 radical (unpaired) electrons. The highest BCUT2D eigenvalue weighted by Crippen LogP contribution is 2.40. The molecule has 110 valence electrons. The van der Waals surface area contributed by atoms with Crippen LogP contribution in [0.15, 0.2) is 0 Å². The topological polar surface area (TPSA) is 77.0 Å². The van der Waals surface area contributed by atoms with Gasteiger partial charge in [-0.3, -0.25) is 4.79 Å². The fraction of sp³-hybridized carbons (Fsp3) is 0.923. The third kappa shape index (κ3) is 2.91. The highest BCUT2D eigenvalue weighted by atomic mass is 16.8. The first kappa shape index (κ1) is 14.7. The zero-order chi connectivity index (χ0) is 14.2. The minimum atomic E-state index is -0.701. The molecular formula is C13H23NO5. The van der Waals surface area contributed by atoms with E-state index in [9.17, 15) is 9.90 Å². The molecule has 6 heteroatoms. The van der Waals surface area contributed by atoms with Gasteiger partial charge < -0.3 is 24.6 Å². The molecule has 1 aliphatic carbocycles. The molecule has 0 bridgehead atoms. The quantitative estimate of drug-likeness (QED) is 0.707. The highest BCUT2D eigenvalue weighted by molar-refractivity contribution is 5.66. The Morgan fingerprint density at radius 1 is 1.42 bits per heavy atom. The Bertz CT molecular complexity index is 346. The summed E-state index contributed by atoms with van der Waals surface area (Å²) in [6, 6.07) is -0.0106. The number of carbonyl (C=O) groups is 1. The highest BCUT2D eigenvalue weighted by Gasteiger charge is 2.54. The van der Waals surface area contributed by atoms with E-state index in [-0.39, 0.29) is 42.8 Å². The lowest BCUT2D eigenvalue weighted by atomic mass is 9.79. The Morgan fingerprint density at radius 3 is 2.58 bits per heavy atom. The van der Waals surface area contributed by atoms with Gasteiger partial charge in [0.1, 0.15) is 18.3 Å². The van der Waals surface area contributed by atoms with Gasteiger partial charge in [-0.25, -0.2) is 0 Å². The Kier molecular flexibility index (Phi) is 4.15. The number of likely N-dealkylation sites (N-methyl/N-ethyl adjacent to an activating group) is 1. The van der Waals surface area contributed by atoms with Crippen molar-refractivity contribution >= 4 is 5.97 Å². The Balaban J connectivity index is 2.22. The van der Waals surface area contributed by atoms with Crippen molar-refractivity contribution in [2.75, 3.05) is 13.7 Å². The summed E-state index contributed by atoms with van der Waals surface area (Å²) >= 11 is 0. The average Bonchev–Trinajstić information content (AvgIpc) is 2.63. The van der Waals surface area contributed by atoms with E-state index in [1.807, 2.05) is 20.9 Å². The molecule has 1 heterocycles. The molecule has 2 fully saturated rings. The van der Waals surface area contributed by atoms with Crippen LogP contribution >= 0.6 is 0 Å². The van der Waals surface area contributed by atoms with E-state index < -0.39 is 5.79 Å². The van der Waals surface area contributed by atoms with Crippen LogP contribution < -0.4 is 5.32 Å². The van der Waals surface area contributed by atoms with Gasteiger partial charge in [-0.05, 0) is 27.3 Å². The van der Waals surface area contributed by atoms with Crippen molar-refractivity contribution in [3.8, 4) is 0 Å². The van der Waals surface area contributed by atoms with Gasteiger partial charge in [0.15, 0.2) is 5.79 Å². The van der Waals surface area contributed by atoms with Crippen molar-refractivity contribution in [3.05, 3.63) is 0 Å². The summed E-state index contributed by atoms with van der Waals surface area (Å²) in [6.45, 7) is 5.10. The summed E-state index contributed by atoms with van der Waals surface area (Å²) in [6.07, 6.45) is -0.317. The molecule has 0 aromatic heterocycles. The van der Waals surface area contributed by atoms with Crippen molar-refractivity contribution in [1.82, 2.24) is 5.32 Å². The van der Waals surface area contributed by atoms with Gasteiger partial charge in [-0.15, -0.1) is 0 Å². The molecule has 0 amide bonds. The fourth-order valence-corrected chi connectivity index (χ4v) is 3.15. The van der Waals surface area contributed by atoms with Gasteiger partial charge >= 0.3 is 5.97 Å². The first-order valence-corrected chi connectivity index (χ1v) is 6.69. The van der Waals surface area contributed by atoms with Crippen molar-refractivity contribution in [2.45, 2.75) is 57.3 Å². The third-order valence-electron chi connectivity index (χ3n) is 3.81. The monoisotopic (exact) mass is 273 g/mol. The van der Waals surface area contributed by atoms with Gasteiger partial charge in [0.25, 0.3) is 0 Å². The average molecular weight is 273 g/mol. The number of aliphatic hydroxyl groups is 1. The molecule has 1 aliphatic heterocycles. The van der Waals surface area contributed by atoms with Gasteiger partial charge in [0.2, 0.25) is 0 Å². The second-order valence-corrected chi connectivity index (χ2v) is 5.71. The number of hydrogen-bond donors (Lipinski definition) is 2. The molecule has 2 aliphatic rings. The van der Waals surface area contributed by atoms with Crippen LogP contribution in [-0.2, 0) is 19.0 Å². The molecule has 0 aromatic rings.